The lowest BCUT2D eigenvalue weighted by Gasteiger charge is -2.26. The van der Waals surface area contributed by atoms with Gasteiger partial charge in [0, 0.05) is 19.6 Å². The third kappa shape index (κ3) is 3.97. The molecule has 3 rings (SSSR count). The Morgan fingerprint density at radius 2 is 2.04 bits per heavy atom. The van der Waals surface area contributed by atoms with Crippen LogP contribution in [0.15, 0.2) is 34.7 Å². The summed E-state index contributed by atoms with van der Waals surface area (Å²) in [5.41, 5.74) is 0.500. The van der Waals surface area contributed by atoms with Gasteiger partial charge < -0.3 is 13.9 Å². The van der Waals surface area contributed by atoms with E-state index in [0.29, 0.717) is 30.0 Å². The van der Waals surface area contributed by atoms with E-state index in [1.54, 1.807) is 18.2 Å². The number of nitrogens with zero attached hydrogens (tertiary/aromatic N) is 1. The lowest BCUT2D eigenvalue weighted by atomic mass is 10.1. The van der Waals surface area contributed by atoms with Crippen LogP contribution in [0.5, 0.6) is 5.75 Å². The first-order valence-corrected chi connectivity index (χ1v) is 7.54. The average Bonchev–Trinajstić information content (AvgIpc) is 3.06. The van der Waals surface area contributed by atoms with E-state index in [1.165, 1.54) is 12.1 Å². The molecule has 0 spiro atoms. The molecule has 0 atom stereocenters. The Bertz CT molecular complexity index is 664. The molecule has 2 aromatic rings. The Morgan fingerprint density at radius 3 is 2.78 bits per heavy atom. The smallest absolute Gasteiger partial charge is 0.185 e. The van der Waals surface area contributed by atoms with Gasteiger partial charge in [0.15, 0.2) is 12.0 Å². The van der Waals surface area contributed by atoms with Crippen LogP contribution >= 0.6 is 0 Å². The van der Waals surface area contributed by atoms with E-state index in [4.69, 9.17) is 13.9 Å². The Kier molecular flexibility index (Phi) is 5.05. The maximum absolute atomic E-state index is 13.5. The molecule has 1 aromatic heterocycles. The van der Waals surface area contributed by atoms with Crippen molar-refractivity contribution in [3.05, 3.63) is 41.9 Å². The van der Waals surface area contributed by atoms with Crippen LogP contribution in [-0.2, 0) is 4.74 Å². The highest BCUT2D eigenvalue weighted by molar-refractivity contribution is 5.74. The van der Waals surface area contributed by atoms with Crippen molar-refractivity contribution in [1.29, 1.82) is 0 Å². The Balaban J connectivity index is 1.69. The maximum atomic E-state index is 13.5. The Hall–Kier alpha value is -2.18. The molecule has 1 saturated heterocycles. The van der Waals surface area contributed by atoms with Gasteiger partial charge in [-0.25, -0.2) is 4.39 Å². The Labute approximate surface area is 133 Å². The van der Waals surface area contributed by atoms with Crippen LogP contribution in [0.25, 0.3) is 11.3 Å². The summed E-state index contributed by atoms with van der Waals surface area (Å²) in [5, 5.41) is 0. The van der Waals surface area contributed by atoms with E-state index in [9.17, 15) is 9.18 Å². The zero-order valence-corrected chi connectivity index (χ0v) is 12.7. The van der Waals surface area contributed by atoms with Gasteiger partial charge in [-0.3, -0.25) is 9.69 Å². The SMILES string of the molecule is O=Cc1ccc(-c2cc(F)ccc2OCCN2CCOCC2)o1. The number of halogens is 1. The first kappa shape index (κ1) is 15.7. The van der Waals surface area contributed by atoms with Crippen molar-refractivity contribution in [3.8, 4) is 17.1 Å². The zero-order valence-electron chi connectivity index (χ0n) is 12.7. The molecular formula is C17H18FNO4. The minimum Gasteiger partial charge on any atom is -0.491 e. The molecule has 1 aromatic carbocycles. The molecule has 23 heavy (non-hydrogen) atoms. The van der Waals surface area contributed by atoms with E-state index in [1.807, 2.05) is 0 Å². The molecule has 2 heterocycles. The zero-order chi connectivity index (χ0) is 16.1. The molecule has 0 saturated carbocycles. The standard InChI is InChI=1S/C17H18FNO4/c18-13-1-3-16(22-10-7-19-5-8-21-9-6-19)15(11-13)17-4-2-14(12-20)23-17/h1-4,11-12H,5-10H2. The van der Waals surface area contributed by atoms with Crippen molar-refractivity contribution in [2.24, 2.45) is 0 Å². The summed E-state index contributed by atoms with van der Waals surface area (Å²) in [7, 11) is 0. The van der Waals surface area contributed by atoms with E-state index < -0.39 is 0 Å². The summed E-state index contributed by atoms with van der Waals surface area (Å²) < 4.78 is 30.0. The highest BCUT2D eigenvalue weighted by Crippen LogP contribution is 2.32. The number of morpholine rings is 1. The number of rotatable bonds is 6. The van der Waals surface area contributed by atoms with Crippen LogP contribution in [0.3, 0.4) is 0 Å². The molecule has 0 radical (unpaired) electrons. The number of hydrogen-bond acceptors (Lipinski definition) is 5. The van der Waals surface area contributed by atoms with Crippen LogP contribution < -0.4 is 4.74 Å². The van der Waals surface area contributed by atoms with Crippen LogP contribution in [0.1, 0.15) is 10.6 Å². The number of carbonyl (C=O) groups is 1. The van der Waals surface area contributed by atoms with Crippen LogP contribution in [0, 0.1) is 5.82 Å². The predicted octanol–water partition coefficient (Wildman–Crippen LogP) is 2.61. The second-order valence-corrected chi connectivity index (χ2v) is 5.26. The van der Waals surface area contributed by atoms with Gasteiger partial charge in [-0.2, -0.15) is 0 Å². The van der Waals surface area contributed by atoms with Crippen molar-refractivity contribution in [3.63, 3.8) is 0 Å². The van der Waals surface area contributed by atoms with Crippen LogP contribution in [-0.4, -0.2) is 50.6 Å². The van der Waals surface area contributed by atoms with Gasteiger partial charge >= 0.3 is 0 Å². The van der Waals surface area contributed by atoms with Crippen LogP contribution in [0.2, 0.25) is 0 Å². The molecule has 0 unspecified atom stereocenters. The largest absolute Gasteiger partial charge is 0.491 e. The van der Waals surface area contributed by atoms with Gasteiger partial charge in [-0.1, -0.05) is 0 Å². The van der Waals surface area contributed by atoms with E-state index in [0.717, 1.165) is 32.8 Å². The van der Waals surface area contributed by atoms with Gasteiger partial charge in [0.25, 0.3) is 0 Å². The van der Waals surface area contributed by atoms with E-state index >= 15 is 0 Å². The second kappa shape index (κ2) is 7.39. The normalized spacial score (nSPS) is 15.5. The number of ether oxygens (including phenoxy) is 2. The van der Waals surface area contributed by atoms with E-state index in [-0.39, 0.29) is 11.6 Å². The topological polar surface area (TPSA) is 51.9 Å². The summed E-state index contributed by atoms with van der Waals surface area (Å²) in [6.45, 7) is 4.52. The first-order chi connectivity index (χ1) is 11.3. The van der Waals surface area contributed by atoms with Crippen LogP contribution in [0.4, 0.5) is 4.39 Å². The number of hydrogen-bond donors (Lipinski definition) is 0. The van der Waals surface area contributed by atoms with Gasteiger partial charge in [0.2, 0.25) is 0 Å². The van der Waals surface area contributed by atoms with Gasteiger partial charge in [0.05, 0.1) is 18.8 Å². The molecule has 1 aliphatic rings. The van der Waals surface area contributed by atoms with Gasteiger partial charge in [-0.05, 0) is 30.3 Å². The lowest BCUT2D eigenvalue weighted by Crippen LogP contribution is -2.38. The summed E-state index contributed by atoms with van der Waals surface area (Å²) in [5.74, 6) is 0.757. The third-order valence-corrected chi connectivity index (χ3v) is 3.72. The third-order valence-electron chi connectivity index (χ3n) is 3.72. The van der Waals surface area contributed by atoms with Crippen molar-refractivity contribution in [1.82, 2.24) is 4.90 Å². The predicted molar refractivity (Wildman–Crippen MR) is 82.2 cm³/mol. The molecule has 122 valence electrons. The van der Waals surface area contributed by atoms with Crippen molar-refractivity contribution < 1.29 is 23.1 Å². The first-order valence-electron chi connectivity index (χ1n) is 7.54. The molecular weight excluding hydrogens is 301 g/mol. The van der Waals surface area contributed by atoms with Crippen molar-refractivity contribution in [2.75, 3.05) is 39.5 Å². The highest BCUT2D eigenvalue weighted by Gasteiger charge is 2.14. The molecule has 6 heteroatoms. The minimum atomic E-state index is -0.385. The number of carbonyl (C=O) groups excluding carboxylic acids is 1. The van der Waals surface area contributed by atoms with Gasteiger partial charge in [0.1, 0.15) is 23.9 Å². The number of benzene rings is 1. The second-order valence-electron chi connectivity index (χ2n) is 5.26. The highest BCUT2D eigenvalue weighted by atomic mass is 19.1. The fourth-order valence-corrected chi connectivity index (χ4v) is 2.49. The van der Waals surface area contributed by atoms with Crippen molar-refractivity contribution in [2.45, 2.75) is 0 Å². The summed E-state index contributed by atoms with van der Waals surface area (Å²) >= 11 is 0. The molecule has 5 nitrogen and oxygen atoms in total. The molecule has 1 aliphatic heterocycles. The molecule has 0 bridgehead atoms. The molecule has 0 amide bonds. The number of furan rings is 1. The van der Waals surface area contributed by atoms with E-state index in [2.05, 4.69) is 4.90 Å². The van der Waals surface area contributed by atoms with Crippen molar-refractivity contribution >= 4 is 6.29 Å². The molecule has 0 N–H and O–H groups in total. The summed E-state index contributed by atoms with van der Waals surface area (Å²) in [6.07, 6.45) is 0.613. The maximum Gasteiger partial charge on any atom is 0.185 e. The monoisotopic (exact) mass is 319 g/mol. The quantitative estimate of drug-likeness (QED) is 0.766. The Morgan fingerprint density at radius 1 is 1.22 bits per heavy atom. The average molecular weight is 319 g/mol. The molecule has 0 aliphatic carbocycles. The number of aldehydes is 1. The fourth-order valence-electron chi connectivity index (χ4n) is 2.49. The van der Waals surface area contributed by atoms with Gasteiger partial charge in [-0.15, -0.1) is 0 Å². The lowest BCUT2D eigenvalue weighted by molar-refractivity contribution is 0.0323. The fraction of sp³-hybridized carbons (Fsp3) is 0.353. The molecule has 1 fully saturated rings. The minimum absolute atomic E-state index is 0.198. The summed E-state index contributed by atoms with van der Waals surface area (Å²) in [4.78, 5) is 13.0. The summed E-state index contributed by atoms with van der Waals surface area (Å²) in [6, 6.07) is 7.44.